The summed E-state index contributed by atoms with van der Waals surface area (Å²) in [5.74, 6) is 2.38. The monoisotopic (exact) mass is 319 g/mol. The normalized spacial score (nSPS) is 17.2. The third kappa shape index (κ3) is 3.40. The van der Waals surface area contributed by atoms with E-state index in [1.165, 1.54) is 10.6 Å². The van der Waals surface area contributed by atoms with Gasteiger partial charge in [-0.15, -0.1) is 0 Å². The van der Waals surface area contributed by atoms with Gasteiger partial charge < -0.3 is 4.79 Å². The van der Waals surface area contributed by atoms with Crippen molar-refractivity contribution in [1.82, 2.24) is 0 Å². The maximum absolute atomic E-state index is 11.8. The minimum absolute atomic E-state index is 0.354. The maximum Gasteiger partial charge on any atom is 0.128 e. The summed E-state index contributed by atoms with van der Waals surface area (Å²) in [5.41, 5.74) is 1.16. The van der Waals surface area contributed by atoms with Crippen LogP contribution in [-0.2, 0) is 4.79 Å². The summed E-state index contributed by atoms with van der Waals surface area (Å²) in [4.78, 5) is 11.8. The molecule has 0 heterocycles. The van der Waals surface area contributed by atoms with Gasteiger partial charge in [-0.3, -0.25) is 0 Å². The first-order valence-corrected chi connectivity index (χ1v) is 9.21. The Morgan fingerprint density at radius 3 is 1.78 bits per heavy atom. The van der Waals surface area contributed by atoms with Crippen LogP contribution in [0.4, 0.5) is 0 Å². The Morgan fingerprint density at radius 1 is 0.826 bits per heavy atom. The molecule has 0 amide bonds. The van der Waals surface area contributed by atoms with E-state index in [-0.39, 0.29) is 0 Å². The molecular formula is C21H20OP. The molecule has 0 bridgehead atoms. The highest BCUT2D eigenvalue weighted by molar-refractivity contribution is 7.76. The Labute approximate surface area is 140 Å². The summed E-state index contributed by atoms with van der Waals surface area (Å²) in [6.45, 7) is 4.28. The average Bonchev–Trinajstić information content (AvgIpc) is 3.01. The van der Waals surface area contributed by atoms with E-state index in [1.807, 2.05) is 12.1 Å². The van der Waals surface area contributed by atoms with E-state index in [0.29, 0.717) is 5.92 Å². The fourth-order valence-corrected chi connectivity index (χ4v) is 5.35. The number of carbonyl (C=O) groups is 1. The van der Waals surface area contributed by atoms with Crippen LogP contribution in [0, 0.1) is 36.3 Å². The van der Waals surface area contributed by atoms with Crippen LogP contribution in [0.3, 0.4) is 0 Å². The van der Waals surface area contributed by atoms with E-state index in [2.05, 4.69) is 75.2 Å². The standard InChI is InChI=1S/C21H20OP/c1-16(2)19-13-14-21(20(19)15-22)23(17-9-5-3-6-10-17)18-11-7-4-8-12-18/h3-16H,1-2H3. The predicted octanol–water partition coefficient (Wildman–Crippen LogP) is 4.08. The highest BCUT2D eigenvalue weighted by Crippen LogP contribution is 2.59. The molecule has 1 fully saturated rings. The Balaban J connectivity index is 2.01. The highest BCUT2D eigenvalue weighted by Gasteiger charge is 2.44. The van der Waals surface area contributed by atoms with Crippen LogP contribution in [0.1, 0.15) is 13.8 Å². The molecule has 2 aromatic carbocycles. The van der Waals surface area contributed by atoms with E-state index < -0.39 is 7.92 Å². The molecular weight excluding hydrogens is 299 g/mol. The number of hydrogen-bond acceptors (Lipinski definition) is 1. The van der Waals surface area contributed by atoms with Crippen molar-refractivity contribution in [3.63, 3.8) is 0 Å². The lowest BCUT2D eigenvalue weighted by Gasteiger charge is -2.29. The number of hydrogen-bond donors (Lipinski definition) is 0. The summed E-state index contributed by atoms with van der Waals surface area (Å²) in [7, 11) is -0.708. The van der Waals surface area contributed by atoms with Gasteiger partial charge in [0.1, 0.15) is 6.29 Å². The Hall–Kier alpha value is -1.46. The summed E-state index contributed by atoms with van der Waals surface area (Å²) in [6, 6.07) is 21.0. The van der Waals surface area contributed by atoms with Crippen molar-refractivity contribution in [2.45, 2.75) is 13.8 Å². The van der Waals surface area contributed by atoms with Gasteiger partial charge in [0.15, 0.2) is 0 Å². The van der Waals surface area contributed by atoms with Crippen molar-refractivity contribution in [2.24, 2.45) is 5.92 Å². The molecule has 1 aliphatic rings. The van der Waals surface area contributed by atoms with E-state index in [1.54, 1.807) is 0 Å². The van der Waals surface area contributed by atoms with Gasteiger partial charge in [-0.05, 0) is 43.2 Å². The lowest BCUT2D eigenvalue weighted by atomic mass is 9.87. The first kappa shape index (κ1) is 16.4. The summed E-state index contributed by atoms with van der Waals surface area (Å²) in [5, 5.41) is 2.55. The van der Waals surface area contributed by atoms with Crippen molar-refractivity contribution in [3.05, 3.63) is 91.0 Å². The lowest BCUT2D eigenvalue weighted by molar-refractivity contribution is -0.106. The molecule has 115 valence electrons. The molecule has 2 aromatic rings. The minimum atomic E-state index is -0.708. The molecule has 2 heteroatoms. The van der Waals surface area contributed by atoms with Crippen LogP contribution in [0.2, 0.25) is 0 Å². The molecule has 0 spiro atoms. The zero-order valence-corrected chi connectivity index (χ0v) is 14.3. The SMILES string of the molecule is CC(C)[C]1[CH][CH][C](P(c2ccccc2)c2ccccc2)[C]1C=O. The van der Waals surface area contributed by atoms with Crippen molar-refractivity contribution >= 4 is 24.8 Å². The first-order valence-electron chi connectivity index (χ1n) is 7.87. The second-order valence-corrected chi connectivity index (χ2v) is 8.05. The highest BCUT2D eigenvalue weighted by atomic mass is 31.1. The van der Waals surface area contributed by atoms with Crippen LogP contribution < -0.4 is 10.6 Å². The fourth-order valence-electron chi connectivity index (χ4n) is 2.90. The predicted molar refractivity (Wildman–Crippen MR) is 98.3 cm³/mol. The largest absolute Gasteiger partial charge is 0.303 e. The Bertz CT molecular complexity index is 583. The molecule has 0 aliphatic heterocycles. The molecule has 0 N–H and O–H groups in total. The number of benzene rings is 2. The molecule has 0 aromatic heterocycles. The quantitative estimate of drug-likeness (QED) is 0.599. The maximum atomic E-state index is 11.8. The summed E-state index contributed by atoms with van der Waals surface area (Å²) in [6.07, 6.45) is 5.29. The molecule has 0 atom stereocenters. The van der Waals surface area contributed by atoms with E-state index in [4.69, 9.17) is 0 Å². The Morgan fingerprint density at radius 2 is 1.35 bits per heavy atom. The smallest absolute Gasteiger partial charge is 0.128 e. The summed E-state index contributed by atoms with van der Waals surface area (Å²) < 4.78 is 0. The molecule has 23 heavy (non-hydrogen) atoms. The number of aldehydes is 1. The molecule has 0 unspecified atom stereocenters. The van der Waals surface area contributed by atoms with Crippen molar-refractivity contribution < 1.29 is 4.79 Å². The van der Waals surface area contributed by atoms with Gasteiger partial charge in [-0.2, -0.15) is 0 Å². The molecule has 0 saturated heterocycles. The molecule has 3 rings (SSSR count). The number of carbonyl (C=O) groups excluding carboxylic acids is 1. The summed E-state index contributed by atoms with van der Waals surface area (Å²) >= 11 is 0. The van der Waals surface area contributed by atoms with Crippen molar-refractivity contribution in [1.29, 1.82) is 0 Å². The Kier molecular flexibility index (Phi) is 5.28. The molecule has 1 saturated carbocycles. The zero-order valence-electron chi connectivity index (χ0n) is 13.4. The van der Waals surface area contributed by atoms with Gasteiger partial charge in [0, 0.05) is 5.66 Å². The van der Waals surface area contributed by atoms with Gasteiger partial charge in [-0.1, -0.05) is 74.5 Å². The second kappa shape index (κ2) is 7.41. The van der Waals surface area contributed by atoms with Gasteiger partial charge in [-0.25, -0.2) is 0 Å². The van der Waals surface area contributed by atoms with Crippen molar-refractivity contribution in [3.8, 4) is 0 Å². The topological polar surface area (TPSA) is 17.1 Å². The van der Waals surface area contributed by atoms with Crippen LogP contribution in [-0.4, -0.2) is 6.29 Å². The first-order chi connectivity index (χ1) is 11.2. The van der Waals surface area contributed by atoms with Gasteiger partial charge in [0.2, 0.25) is 0 Å². The van der Waals surface area contributed by atoms with Gasteiger partial charge in [0.05, 0.1) is 5.92 Å². The van der Waals surface area contributed by atoms with Gasteiger partial charge in [0.25, 0.3) is 0 Å². The minimum Gasteiger partial charge on any atom is -0.303 e. The van der Waals surface area contributed by atoms with Crippen LogP contribution in [0.5, 0.6) is 0 Å². The van der Waals surface area contributed by atoms with Crippen LogP contribution >= 0.6 is 7.92 Å². The molecule has 1 aliphatic carbocycles. The number of rotatable bonds is 5. The zero-order chi connectivity index (χ0) is 16.2. The van der Waals surface area contributed by atoms with Crippen molar-refractivity contribution in [2.75, 3.05) is 0 Å². The fraction of sp³-hybridized carbons (Fsp3) is 0.143. The third-order valence-corrected chi connectivity index (χ3v) is 6.52. The van der Waals surface area contributed by atoms with E-state index in [0.717, 1.165) is 23.8 Å². The lowest BCUT2D eigenvalue weighted by Crippen LogP contribution is -2.22. The van der Waals surface area contributed by atoms with Crippen LogP contribution in [0.25, 0.3) is 0 Å². The second-order valence-electron chi connectivity index (χ2n) is 5.87. The van der Waals surface area contributed by atoms with Gasteiger partial charge >= 0.3 is 0 Å². The van der Waals surface area contributed by atoms with E-state index in [9.17, 15) is 4.79 Å². The van der Waals surface area contributed by atoms with Crippen LogP contribution in [0.15, 0.2) is 60.7 Å². The van der Waals surface area contributed by atoms with E-state index >= 15 is 0 Å². The third-order valence-electron chi connectivity index (χ3n) is 4.02. The molecule has 5 radical (unpaired) electrons. The molecule has 1 nitrogen and oxygen atoms in total. The average molecular weight is 319 g/mol.